The zero-order chi connectivity index (χ0) is 12.4. The highest BCUT2D eigenvalue weighted by molar-refractivity contribution is 5.65. The minimum atomic E-state index is -0.428. The first-order valence-corrected chi connectivity index (χ1v) is 4.84. The average molecular weight is 233 g/mol. The van der Waals surface area contributed by atoms with Crippen molar-refractivity contribution in [3.05, 3.63) is 34.6 Å². The summed E-state index contributed by atoms with van der Waals surface area (Å²) < 4.78 is 5.06. The second-order valence-electron chi connectivity index (χ2n) is 3.41. The van der Waals surface area contributed by atoms with Crippen molar-refractivity contribution in [2.45, 2.75) is 0 Å². The van der Waals surface area contributed by atoms with E-state index < -0.39 is 5.56 Å². The molecule has 0 bridgehead atoms. The fourth-order valence-corrected chi connectivity index (χ4v) is 1.44. The zero-order valence-corrected chi connectivity index (χ0v) is 9.10. The van der Waals surface area contributed by atoms with Gasteiger partial charge in [0.05, 0.1) is 18.9 Å². The van der Waals surface area contributed by atoms with Gasteiger partial charge in [0.25, 0.3) is 5.56 Å². The van der Waals surface area contributed by atoms with Crippen LogP contribution in [0.4, 0.5) is 5.69 Å². The largest absolute Gasteiger partial charge is 0.495 e. The lowest BCUT2D eigenvalue weighted by molar-refractivity contribution is 0.417. The number of H-pyrrole nitrogens is 1. The normalized spacial score (nSPS) is 10.2. The SMILES string of the molecule is COc1cc(-c2nc(O)cc(=O)[nH]2)ccc1N. The molecular formula is C11H11N3O3. The number of hydrogen-bond acceptors (Lipinski definition) is 5. The van der Waals surface area contributed by atoms with E-state index in [0.717, 1.165) is 6.07 Å². The molecule has 0 radical (unpaired) electrons. The van der Waals surface area contributed by atoms with Gasteiger partial charge in [-0.25, -0.2) is 0 Å². The summed E-state index contributed by atoms with van der Waals surface area (Å²) in [5.74, 6) is 0.404. The third-order valence-corrected chi connectivity index (χ3v) is 2.24. The van der Waals surface area contributed by atoms with Crippen LogP contribution in [0.15, 0.2) is 29.1 Å². The van der Waals surface area contributed by atoms with Crippen molar-refractivity contribution in [3.8, 4) is 23.0 Å². The molecule has 2 rings (SSSR count). The van der Waals surface area contributed by atoms with E-state index in [1.54, 1.807) is 18.2 Å². The molecule has 0 spiro atoms. The van der Waals surface area contributed by atoms with Crippen LogP contribution in [0, 0.1) is 0 Å². The summed E-state index contributed by atoms with van der Waals surface area (Å²) in [5, 5.41) is 9.25. The van der Waals surface area contributed by atoms with E-state index in [0.29, 0.717) is 17.0 Å². The minimum Gasteiger partial charge on any atom is -0.495 e. The number of benzene rings is 1. The van der Waals surface area contributed by atoms with Gasteiger partial charge in [-0.1, -0.05) is 0 Å². The molecule has 0 saturated heterocycles. The van der Waals surface area contributed by atoms with E-state index in [9.17, 15) is 9.90 Å². The van der Waals surface area contributed by atoms with E-state index in [1.807, 2.05) is 0 Å². The Morgan fingerprint density at radius 1 is 1.41 bits per heavy atom. The van der Waals surface area contributed by atoms with Crippen LogP contribution in [0.3, 0.4) is 0 Å². The van der Waals surface area contributed by atoms with Crippen LogP contribution in [0.2, 0.25) is 0 Å². The first-order chi connectivity index (χ1) is 8.10. The van der Waals surface area contributed by atoms with Crippen LogP contribution in [-0.4, -0.2) is 22.2 Å². The number of ether oxygens (including phenoxy) is 1. The number of methoxy groups -OCH3 is 1. The summed E-state index contributed by atoms with van der Waals surface area (Å²) in [6, 6.07) is 5.94. The second kappa shape index (κ2) is 4.17. The predicted octanol–water partition coefficient (Wildman–Crippen LogP) is 0.733. The fraction of sp³-hybridized carbons (Fsp3) is 0.0909. The molecule has 1 aromatic heterocycles. The summed E-state index contributed by atoms with van der Waals surface area (Å²) in [5.41, 5.74) is 6.33. The Bertz CT molecular complexity index is 607. The number of nitrogen functional groups attached to an aromatic ring is 1. The molecule has 6 heteroatoms. The Morgan fingerprint density at radius 2 is 2.18 bits per heavy atom. The Balaban J connectivity index is 2.56. The lowest BCUT2D eigenvalue weighted by atomic mass is 10.2. The van der Waals surface area contributed by atoms with Gasteiger partial charge in [0.2, 0.25) is 5.88 Å². The number of nitrogens with two attached hydrogens (primary N) is 1. The highest BCUT2D eigenvalue weighted by Crippen LogP contribution is 2.26. The average Bonchev–Trinajstić information content (AvgIpc) is 2.28. The molecule has 0 fully saturated rings. The van der Waals surface area contributed by atoms with Crippen molar-refractivity contribution in [1.82, 2.24) is 9.97 Å². The van der Waals surface area contributed by atoms with Crippen LogP contribution in [-0.2, 0) is 0 Å². The van der Waals surface area contributed by atoms with Gasteiger partial charge in [-0.05, 0) is 18.2 Å². The monoisotopic (exact) mass is 233 g/mol. The third kappa shape index (κ3) is 2.20. The fourth-order valence-electron chi connectivity index (χ4n) is 1.44. The van der Waals surface area contributed by atoms with Crippen molar-refractivity contribution < 1.29 is 9.84 Å². The highest BCUT2D eigenvalue weighted by atomic mass is 16.5. The van der Waals surface area contributed by atoms with Gasteiger partial charge in [0, 0.05) is 5.56 Å². The maximum atomic E-state index is 11.2. The first kappa shape index (κ1) is 11.0. The predicted molar refractivity (Wildman–Crippen MR) is 62.9 cm³/mol. The zero-order valence-electron chi connectivity index (χ0n) is 9.10. The molecule has 0 aliphatic rings. The highest BCUT2D eigenvalue weighted by Gasteiger charge is 2.06. The van der Waals surface area contributed by atoms with Crippen molar-refractivity contribution in [1.29, 1.82) is 0 Å². The molecular weight excluding hydrogens is 222 g/mol. The lowest BCUT2D eigenvalue weighted by Crippen LogP contribution is -2.06. The summed E-state index contributed by atoms with van der Waals surface area (Å²) in [4.78, 5) is 17.5. The Kier molecular flexibility index (Phi) is 2.70. The molecule has 0 saturated carbocycles. The Morgan fingerprint density at radius 3 is 2.82 bits per heavy atom. The number of nitrogens with zero attached hydrogens (tertiary/aromatic N) is 1. The van der Waals surface area contributed by atoms with Crippen LogP contribution in [0.5, 0.6) is 11.6 Å². The molecule has 4 N–H and O–H groups in total. The molecule has 6 nitrogen and oxygen atoms in total. The maximum absolute atomic E-state index is 11.2. The first-order valence-electron chi connectivity index (χ1n) is 4.84. The summed E-state index contributed by atoms with van der Waals surface area (Å²) in [7, 11) is 1.49. The van der Waals surface area contributed by atoms with Crippen molar-refractivity contribution in [2.24, 2.45) is 0 Å². The quantitative estimate of drug-likeness (QED) is 0.664. The Hall–Kier alpha value is -2.50. The summed E-state index contributed by atoms with van der Waals surface area (Å²) in [6.45, 7) is 0. The second-order valence-corrected chi connectivity index (χ2v) is 3.41. The standard InChI is InChI=1S/C11H11N3O3/c1-17-8-4-6(2-3-7(8)12)11-13-9(15)5-10(16)14-11/h2-5H,12H2,1H3,(H2,13,14,15,16). The van der Waals surface area contributed by atoms with Crippen molar-refractivity contribution in [2.75, 3.05) is 12.8 Å². The molecule has 0 aliphatic heterocycles. The van der Waals surface area contributed by atoms with Crippen LogP contribution >= 0.6 is 0 Å². The molecule has 0 aliphatic carbocycles. The number of aromatic amines is 1. The van der Waals surface area contributed by atoms with Gasteiger partial charge in [-0.15, -0.1) is 0 Å². The number of anilines is 1. The molecule has 1 aromatic carbocycles. The third-order valence-electron chi connectivity index (χ3n) is 2.24. The molecule has 0 amide bonds. The number of nitrogens with one attached hydrogen (secondary N) is 1. The van der Waals surface area contributed by atoms with E-state index in [4.69, 9.17) is 10.5 Å². The van der Waals surface area contributed by atoms with Gasteiger partial charge in [0.15, 0.2) is 0 Å². The van der Waals surface area contributed by atoms with E-state index >= 15 is 0 Å². The molecule has 1 heterocycles. The Labute approximate surface area is 96.7 Å². The van der Waals surface area contributed by atoms with Gasteiger partial charge in [0.1, 0.15) is 11.6 Å². The number of hydrogen-bond donors (Lipinski definition) is 3. The topological polar surface area (TPSA) is 101 Å². The molecule has 17 heavy (non-hydrogen) atoms. The summed E-state index contributed by atoms with van der Waals surface area (Å²) in [6.07, 6.45) is 0. The number of rotatable bonds is 2. The van der Waals surface area contributed by atoms with E-state index in [2.05, 4.69) is 9.97 Å². The van der Waals surface area contributed by atoms with Crippen molar-refractivity contribution >= 4 is 5.69 Å². The minimum absolute atomic E-state index is 0.258. The smallest absolute Gasteiger partial charge is 0.254 e. The van der Waals surface area contributed by atoms with E-state index in [-0.39, 0.29) is 11.7 Å². The molecule has 0 atom stereocenters. The van der Waals surface area contributed by atoms with Crippen molar-refractivity contribution in [3.63, 3.8) is 0 Å². The van der Waals surface area contributed by atoms with Gasteiger partial charge in [-0.2, -0.15) is 4.98 Å². The van der Waals surface area contributed by atoms with Crippen LogP contribution in [0.25, 0.3) is 11.4 Å². The van der Waals surface area contributed by atoms with E-state index in [1.165, 1.54) is 7.11 Å². The van der Waals surface area contributed by atoms with Crippen LogP contribution in [0.1, 0.15) is 0 Å². The summed E-state index contributed by atoms with van der Waals surface area (Å²) >= 11 is 0. The van der Waals surface area contributed by atoms with Gasteiger partial charge in [-0.3, -0.25) is 4.79 Å². The number of aromatic nitrogens is 2. The van der Waals surface area contributed by atoms with Gasteiger partial charge >= 0.3 is 0 Å². The maximum Gasteiger partial charge on any atom is 0.254 e. The molecule has 2 aromatic rings. The molecule has 0 unspecified atom stereocenters. The van der Waals surface area contributed by atoms with Crippen LogP contribution < -0.4 is 16.0 Å². The van der Waals surface area contributed by atoms with Gasteiger partial charge < -0.3 is 20.6 Å². The lowest BCUT2D eigenvalue weighted by Gasteiger charge is -2.06. The number of aromatic hydroxyl groups is 1. The molecule has 88 valence electrons.